The summed E-state index contributed by atoms with van der Waals surface area (Å²) in [7, 11) is 0. The van der Waals surface area contributed by atoms with Crippen molar-refractivity contribution < 1.29 is 13.6 Å². The third-order valence-electron chi connectivity index (χ3n) is 3.28. The number of carbonyl (C=O) groups excluding carboxylic acids is 1. The molecule has 0 unspecified atom stereocenters. The van der Waals surface area contributed by atoms with Crippen LogP contribution in [0.25, 0.3) is 11.3 Å². The van der Waals surface area contributed by atoms with E-state index in [9.17, 15) is 13.6 Å². The topological polar surface area (TPSA) is 42.0 Å². The summed E-state index contributed by atoms with van der Waals surface area (Å²) in [5, 5.41) is 3.16. The SMILES string of the molecule is Cc1ccc(F)c(C(=O)Nc2scnc2-c2ccc(F)cc2)c1. The number of amides is 1. The Morgan fingerprint density at radius 2 is 1.87 bits per heavy atom. The van der Waals surface area contributed by atoms with E-state index in [-0.39, 0.29) is 11.4 Å². The van der Waals surface area contributed by atoms with Crippen LogP contribution in [-0.4, -0.2) is 10.9 Å². The summed E-state index contributed by atoms with van der Waals surface area (Å²) in [5.74, 6) is -1.48. The van der Waals surface area contributed by atoms with Crippen LogP contribution in [0.1, 0.15) is 15.9 Å². The number of halogens is 2. The van der Waals surface area contributed by atoms with Gasteiger partial charge >= 0.3 is 0 Å². The van der Waals surface area contributed by atoms with Crippen molar-refractivity contribution in [3.8, 4) is 11.3 Å². The van der Waals surface area contributed by atoms with Gasteiger partial charge in [0.15, 0.2) is 0 Å². The first-order valence-electron chi connectivity index (χ1n) is 6.81. The Kier molecular flexibility index (Phi) is 4.16. The van der Waals surface area contributed by atoms with Crippen molar-refractivity contribution in [3.63, 3.8) is 0 Å². The van der Waals surface area contributed by atoms with Crippen molar-refractivity contribution in [2.75, 3.05) is 5.32 Å². The molecule has 0 saturated heterocycles. The summed E-state index contributed by atoms with van der Waals surface area (Å²) in [4.78, 5) is 16.5. The van der Waals surface area contributed by atoms with Gasteiger partial charge in [0.1, 0.15) is 22.3 Å². The van der Waals surface area contributed by atoms with Gasteiger partial charge < -0.3 is 5.32 Å². The fraction of sp³-hybridized carbons (Fsp3) is 0.0588. The summed E-state index contributed by atoms with van der Waals surface area (Å²) in [5.41, 5.74) is 3.54. The van der Waals surface area contributed by atoms with Crippen molar-refractivity contribution in [2.45, 2.75) is 6.92 Å². The lowest BCUT2D eigenvalue weighted by Gasteiger charge is -2.07. The molecule has 3 nitrogen and oxygen atoms in total. The molecule has 0 aliphatic rings. The highest BCUT2D eigenvalue weighted by Crippen LogP contribution is 2.31. The Labute approximate surface area is 135 Å². The van der Waals surface area contributed by atoms with E-state index in [0.29, 0.717) is 16.3 Å². The van der Waals surface area contributed by atoms with Gasteiger partial charge in [-0.3, -0.25) is 4.79 Å². The normalized spacial score (nSPS) is 10.6. The van der Waals surface area contributed by atoms with Gasteiger partial charge in [-0.2, -0.15) is 0 Å². The van der Waals surface area contributed by atoms with E-state index in [1.54, 1.807) is 30.6 Å². The molecule has 6 heteroatoms. The van der Waals surface area contributed by atoms with Crippen molar-refractivity contribution in [3.05, 3.63) is 70.7 Å². The Morgan fingerprint density at radius 1 is 1.13 bits per heavy atom. The maximum absolute atomic E-state index is 13.8. The van der Waals surface area contributed by atoms with Crippen LogP contribution in [0.15, 0.2) is 48.0 Å². The molecule has 0 saturated carbocycles. The highest BCUT2D eigenvalue weighted by atomic mass is 32.1. The summed E-state index contributed by atoms with van der Waals surface area (Å²) in [6.07, 6.45) is 0. The minimum atomic E-state index is -0.582. The number of anilines is 1. The van der Waals surface area contributed by atoms with Gasteiger partial charge in [0.25, 0.3) is 5.91 Å². The number of benzene rings is 2. The van der Waals surface area contributed by atoms with Gasteiger partial charge in [-0.15, -0.1) is 11.3 Å². The molecular weight excluding hydrogens is 318 g/mol. The first kappa shape index (κ1) is 15.3. The largest absolute Gasteiger partial charge is 0.312 e. The number of nitrogens with one attached hydrogen (secondary N) is 1. The van der Waals surface area contributed by atoms with Crippen molar-refractivity contribution in [1.29, 1.82) is 0 Å². The number of aryl methyl sites for hydroxylation is 1. The first-order valence-corrected chi connectivity index (χ1v) is 7.69. The molecule has 0 bridgehead atoms. The number of aromatic nitrogens is 1. The van der Waals surface area contributed by atoms with E-state index in [1.807, 2.05) is 0 Å². The molecule has 0 fully saturated rings. The lowest BCUT2D eigenvalue weighted by molar-refractivity contribution is 0.102. The predicted octanol–water partition coefficient (Wildman–Crippen LogP) is 4.65. The molecule has 1 N–H and O–H groups in total. The number of hydrogen-bond donors (Lipinski definition) is 1. The molecule has 116 valence electrons. The molecule has 0 spiro atoms. The summed E-state index contributed by atoms with van der Waals surface area (Å²) < 4.78 is 26.8. The van der Waals surface area contributed by atoms with E-state index in [1.165, 1.54) is 35.6 Å². The minimum Gasteiger partial charge on any atom is -0.312 e. The monoisotopic (exact) mass is 330 g/mol. The van der Waals surface area contributed by atoms with Crippen molar-refractivity contribution in [2.24, 2.45) is 0 Å². The van der Waals surface area contributed by atoms with E-state index in [2.05, 4.69) is 10.3 Å². The van der Waals surface area contributed by atoms with Gasteiger partial charge in [0.05, 0.1) is 11.1 Å². The second kappa shape index (κ2) is 6.26. The Hall–Kier alpha value is -2.60. The van der Waals surface area contributed by atoms with Crippen LogP contribution in [0.4, 0.5) is 13.8 Å². The molecule has 0 aliphatic heterocycles. The molecule has 0 aliphatic carbocycles. The Bertz CT molecular complexity index is 859. The summed E-state index contributed by atoms with van der Waals surface area (Å²) in [6.45, 7) is 1.78. The van der Waals surface area contributed by atoms with Crippen LogP contribution in [0.3, 0.4) is 0 Å². The number of carbonyl (C=O) groups is 1. The van der Waals surface area contributed by atoms with Crippen LogP contribution in [0.2, 0.25) is 0 Å². The lowest BCUT2D eigenvalue weighted by atomic mass is 10.1. The van der Waals surface area contributed by atoms with E-state index in [4.69, 9.17) is 0 Å². The Morgan fingerprint density at radius 3 is 2.61 bits per heavy atom. The quantitative estimate of drug-likeness (QED) is 0.759. The average Bonchev–Trinajstić information content (AvgIpc) is 2.98. The molecule has 0 radical (unpaired) electrons. The zero-order valence-electron chi connectivity index (χ0n) is 12.1. The number of hydrogen-bond acceptors (Lipinski definition) is 3. The molecule has 3 aromatic rings. The zero-order valence-corrected chi connectivity index (χ0v) is 13.0. The van der Waals surface area contributed by atoms with Gasteiger partial charge in [-0.25, -0.2) is 13.8 Å². The molecule has 0 atom stereocenters. The van der Waals surface area contributed by atoms with Gasteiger partial charge in [-0.05, 0) is 43.3 Å². The summed E-state index contributed by atoms with van der Waals surface area (Å²) >= 11 is 1.22. The van der Waals surface area contributed by atoms with Crippen LogP contribution in [0.5, 0.6) is 0 Å². The smallest absolute Gasteiger partial charge is 0.259 e. The molecule has 1 heterocycles. The molecule has 1 aromatic heterocycles. The molecule has 23 heavy (non-hydrogen) atoms. The number of thiazole rings is 1. The first-order chi connectivity index (χ1) is 11.0. The molecule has 1 amide bonds. The van der Waals surface area contributed by atoms with Crippen LogP contribution < -0.4 is 5.32 Å². The van der Waals surface area contributed by atoms with Crippen molar-refractivity contribution >= 4 is 22.2 Å². The number of rotatable bonds is 3. The maximum atomic E-state index is 13.8. The molecular formula is C17H12F2N2OS. The second-order valence-corrected chi connectivity index (χ2v) is 5.83. The highest BCUT2D eigenvalue weighted by molar-refractivity contribution is 7.14. The molecule has 2 aromatic carbocycles. The number of nitrogens with zero attached hydrogens (tertiary/aromatic N) is 1. The fourth-order valence-electron chi connectivity index (χ4n) is 2.13. The van der Waals surface area contributed by atoms with E-state index < -0.39 is 11.7 Å². The van der Waals surface area contributed by atoms with E-state index in [0.717, 1.165) is 5.56 Å². The molecule has 3 rings (SSSR count). The van der Waals surface area contributed by atoms with Gasteiger partial charge in [-0.1, -0.05) is 11.6 Å². The third kappa shape index (κ3) is 3.27. The zero-order chi connectivity index (χ0) is 16.4. The third-order valence-corrected chi connectivity index (χ3v) is 4.02. The summed E-state index contributed by atoms with van der Waals surface area (Å²) in [6, 6.07) is 10.1. The Balaban J connectivity index is 1.89. The van der Waals surface area contributed by atoms with Crippen molar-refractivity contribution in [1.82, 2.24) is 4.98 Å². The highest BCUT2D eigenvalue weighted by Gasteiger charge is 2.16. The standard InChI is InChI=1S/C17H12F2N2OS/c1-10-2-7-14(19)13(8-10)16(22)21-17-15(20-9-23-17)11-3-5-12(18)6-4-11/h2-9H,1H3,(H,21,22). The van der Waals surface area contributed by atoms with Crippen LogP contribution >= 0.6 is 11.3 Å². The maximum Gasteiger partial charge on any atom is 0.259 e. The predicted molar refractivity (Wildman–Crippen MR) is 86.6 cm³/mol. The fourth-order valence-corrected chi connectivity index (χ4v) is 2.83. The minimum absolute atomic E-state index is 0.0246. The van der Waals surface area contributed by atoms with Gasteiger partial charge in [0.2, 0.25) is 0 Å². The average molecular weight is 330 g/mol. The lowest BCUT2D eigenvalue weighted by Crippen LogP contribution is -2.13. The van der Waals surface area contributed by atoms with Crippen LogP contribution in [-0.2, 0) is 0 Å². The van der Waals surface area contributed by atoms with E-state index >= 15 is 0 Å². The van der Waals surface area contributed by atoms with Crippen LogP contribution in [0, 0.1) is 18.6 Å². The second-order valence-electron chi connectivity index (χ2n) is 4.97. The van der Waals surface area contributed by atoms with Gasteiger partial charge in [0, 0.05) is 5.56 Å².